The van der Waals surface area contributed by atoms with Gasteiger partial charge in [-0.3, -0.25) is 19.2 Å². The van der Waals surface area contributed by atoms with E-state index < -0.39 is 54.2 Å². The van der Waals surface area contributed by atoms with Crippen LogP contribution in [0, 0.1) is 11.8 Å². The maximum atomic E-state index is 13.7. The van der Waals surface area contributed by atoms with E-state index in [1.807, 2.05) is 0 Å². The Morgan fingerprint density at radius 3 is 2.17 bits per heavy atom. The van der Waals surface area contributed by atoms with E-state index in [-0.39, 0.29) is 18.0 Å². The Morgan fingerprint density at radius 2 is 1.59 bits per heavy atom. The zero-order valence-corrected chi connectivity index (χ0v) is 22.4. The fourth-order valence-electron chi connectivity index (χ4n) is 4.25. The Morgan fingerprint density at radius 1 is 0.976 bits per heavy atom. The van der Waals surface area contributed by atoms with E-state index in [4.69, 9.17) is 11.6 Å². The maximum Gasteiger partial charge on any atom is 0.455 e. The zero-order valence-electron chi connectivity index (χ0n) is 21.7. The van der Waals surface area contributed by atoms with Crippen LogP contribution in [0.5, 0.6) is 0 Å². The van der Waals surface area contributed by atoms with Gasteiger partial charge in [0.1, 0.15) is 12.0 Å². The second-order valence-corrected chi connectivity index (χ2v) is 10.4. The van der Waals surface area contributed by atoms with Crippen molar-refractivity contribution in [1.29, 1.82) is 0 Å². The van der Waals surface area contributed by atoms with Gasteiger partial charge >= 0.3 is 12.1 Å². The van der Waals surface area contributed by atoms with E-state index in [0.717, 1.165) is 19.8 Å². The number of fused-ring (bicyclic) bond motifs is 1. The van der Waals surface area contributed by atoms with Crippen molar-refractivity contribution in [1.82, 2.24) is 10.6 Å². The first-order valence-corrected chi connectivity index (χ1v) is 13.1. The molecule has 2 aromatic rings. The number of nitrogens with zero attached hydrogens (tertiary/aromatic N) is 2. The molecule has 1 unspecified atom stereocenters. The average Bonchev–Trinajstić information content (AvgIpc) is 3.76. The second-order valence-electron chi connectivity index (χ2n) is 10.0. The summed E-state index contributed by atoms with van der Waals surface area (Å²) in [6, 6.07) is 11.4. The van der Waals surface area contributed by atoms with Crippen LogP contribution in [0.2, 0.25) is 5.02 Å². The fraction of sp³-hybridized carbons (Fsp3) is 0.407. The number of rotatable bonds is 8. The second kappa shape index (κ2) is 11.6. The van der Waals surface area contributed by atoms with Gasteiger partial charge in [-0.15, -0.1) is 0 Å². The van der Waals surface area contributed by atoms with Crippen molar-refractivity contribution in [3.05, 3.63) is 59.1 Å². The number of nitrogens with one attached hydrogen (secondary N) is 2. The summed E-state index contributed by atoms with van der Waals surface area (Å²) >= 11 is 5.95. The van der Waals surface area contributed by atoms with Gasteiger partial charge in [0.25, 0.3) is 11.8 Å². The van der Waals surface area contributed by atoms with Crippen molar-refractivity contribution in [3.63, 3.8) is 0 Å². The normalized spacial score (nSPS) is 18.3. The van der Waals surface area contributed by atoms with Crippen LogP contribution in [0.15, 0.2) is 48.5 Å². The van der Waals surface area contributed by atoms with E-state index in [1.54, 1.807) is 24.3 Å². The topological polar surface area (TPSA) is 98.8 Å². The number of halogens is 6. The molecule has 1 heterocycles. The van der Waals surface area contributed by atoms with E-state index in [2.05, 4.69) is 5.32 Å². The summed E-state index contributed by atoms with van der Waals surface area (Å²) in [6.45, 7) is -1.08. The molecule has 220 valence electrons. The highest BCUT2D eigenvalue weighted by molar-refractivity contribution is 6.30. The first kappa shape index (κ1) is 30.2. The molecule has 8 nitrogen and oxygen atoms in total. The first-order valence-electron chi connectivity index (χ1n) is 12.7. The van der Waals surface area contributed by atoms with Crippen molar-refractivity contribution in [2.45, 2.75) is 37.9 Å². The molecule has 1 fully saturated rings. The first-order chi connectivity index (χ1) is 19.2. The van der Waals surface area contributed by atoms with E-state index >= 15 is 0 Å². The number of hydrogen-bond acceptors (Lipinski definition) is 4. The number of benzene rings is 2. The number of carbonyl (C=O) groups is 4. The zero-order chi connectivity index (χ0) is 30.1. The molecule has 1 saturated carbocycles. The molecule has 0 spiro atoms. The van der Waals surface area contributed by atoms with E-state index in [1.165, 1.54) is 39.4 Å². The van der Waals surface area contributed by atoms with Crippen LogP contribution < -0.4 is 20.4 Å². The van der Waals surface area contributed by atoms with Gasteiger partial charge in [-0.2, -0.15) is 22.0 Å². The summed E-state index contributed by atoms with van der Waals surface area (Å²) < 4.78 is 63.9. The number of hydrogen-bond donors (Lipinski definition) is 2. The standard InChI is InChI=1S/C27H26ClF5N4O4/c1-15(22(38)34-14-26(29,30)27(31,32)33)23(39)35-19-13-37(24(40)17-8-10-18(28)11-9-17)21-5-3-2-4-20(21)36(25(19)41)12-16-6-7-16/h2-5,8-11,15-16,19H,6-7,12-14H2,1H3,(H,34,38)(H,35,39)/t15?,19-/m0/s1. The molecule has 1 aliphatic carbocycles. The molecule has 2 aromatic carbocycles. The van der Waals surface area contributed by atoms with Crippen molar-refractivity contribution >= 4 is 46.6 Å². The van der Waals surface area contributed by atoms with Crippen LogP contribution in [0.3, 0.4) is 0 Å². The van der Waals surface area contributed by atoms with Gasteiger partial charge in [0.15, 0.2) is 0 Å². The average molecular weight is 601 g/mol. The summed E-state index contributed by atoms with van der Waals surface area (Å²) in [5.41, 5.74) is 1.08. The molecular formula is C27H26ClF5N4O4. The Bertz CT molecular complexity index is 1330. The summed E-state index contributed by atoms with van der Waals surface area (Å²) in [5, 5.41) is 4.24. The molecule has 2 N–H and O–H groups in total. The Labute approximate surface area is 236 Å². The summed E-state index contributed by atoms with van der Waals surface area (Å²) in [4.78, 5) is 55.4. The quantitative estimate of drug-likeness (QED) is 0.351. The summed E-state index contributed by atoms with van der Waals surface area (Å²) in [5.74, 6) is -10.3. The van der Waals surface area contributed by atoms with Gasteiger partial charge in [-0.1, -0.05) is 23.7 Å². The van der Waals surface area contributed by atoms with Gasteiger partial charge in [0, 0.05) is 17.1 Å². The SMILES string of the molecule is CC(C(=O)NCC(F)(F)C(F)(F)F)C(=O)N[C@H]1CN(C(=O)c2ccc(Cl)cc2)c2ccccc2N(CC2CC2)C1=O. The highest BCUT2D eigenvalue weighted by Gasteiger charge is 2.57. The van der Waals surface area contributed by atoms with Crippen molar-refractivity contribution in [3.8, 4) is 0 Å². The number of carbonyl (C=O) groups excluding carboxylic acids is 4. The molecule has 14 heteroatoms. The largest absolute Gasteiger partial charge is 0.455 e. The lowest BCUT2D eigenvalue weighted by molar-refractivity contribution is -0.278. The monoisotopic (exact) mass is 600 g/mol. The Hall–Kier alpha value is -3.74. The summed E-state index contributed by atoms with van der Waals surface area (Å²) in [7, 11) is 0. The fourth-order valence-corrected chi connectivity index (χ4v) is 4.37. The van der Waals surface area contributed by atoms with Crippen molar-refractivity contribution in [2.24, 2.45) is 11.8 Å². The number of anilines is 2. The third-order valence-electron chi connectivity index (χ3n) is 6.87. The van der Waals surface area contributed by atoms with Crippen molar-refractivity contribution in [2.75, 3.05) is 29.4 Å². The predicted molar refractivity (Wildman–Crippen MR) is 140 cm³/mol. The molecule has 2 atom stereocenters. The van der Waals surface area contributed by atoms with Gasteiger partial charge in [0.05, 0.1) is 24.5 Å². The molecule has 0 saturated heterocycles. The highest BCUT2D eigenvalue weighted by atomic mass is 35.5. The third-order valence-corrected chi connectivity index (χ3v) is 7.12. The van der Waals surface area contributed by atoms with Gasteiger partial charge in [0.2, 0.25) is 11.8 Å². The minimum atomic E-state index is -5.89. The number of amides is 4. The molecule has 41 heavy (non-hydrogen) atoms. The molecular weight excluding hydrogens is 575 g/mol. The number of para-hydroxylation sites is 2. The summed E-state index contributed by atoms with van der Waals surface area (Å²) in [6.07, 6.45) is -4.12. The van der Waals surface area contributed by atoms with Crippen LogP contribution in [-0.2, 0) is 14.4 Å². The van der Waals surface area contributed by atoms with Gasteiger partial charge in [-0.25, -0.2) is 0 Å². The van der Waals surface area contributed by atoms with E-state index in [9.17, 15) is 41.1 Å². The smallest absolute Gasteiger partial charge is 0.349 e. The van der Waals surface area contributed by atoms with E-state index in [0.29, 0.717) is 22.9 Å². The molecule has 0 radical (unpaired) electrons. The Balaban J connectivity index is 1.59. The lowest BCUT2D eigenvalue weighted by Gasteiger charge is -2.26. The van der Waals surface area contributed by atoms with Crippen LogP contribution >= 0.6 is 11.6 Å². The van der Waals surface area contributed by atoms with Crippen molar-refractivity contribution < 1.29 is 41.1 Å². The lowest BCUT2D eigenvalue weighted by atomic mass is 10.1. The molecule has 0 bridgehead atoms. The molecule has 2 aliphatic rings. The van der Waals surface area contributed by atoms with Gasteiger partial charge < -0.3 is 20.4 Å². The van der Waals surface area contributed by atoms with Crippen LogP contribution in [0.1, 0.15) is 30.1 Å². The molecule has 1 aliphatic heterocycles. The lowest BCUT2D eigenvalue weighted by Crippen LogP contribution is -2.56. The predicted octanol–water partition coefficient (Wildman–Crippen LogP) is 4.18. The molecule has 0 aromatic heterocycles. The van der Waals surface area contributed by atoms with Crippen LogP contribution in [-0.4, -0.2) is 61.4 Å². The Kier molecular flexibility index (Phi) is 8.57. The third kappa shape index (κ3) is 6.77. The number of alkyl halides is 5. The minimum Gasteiger partial charge on any atom is -0.349 e. The highest BCUT2D eigenvalue weighted by Crippen LogP contribution is 2.38. The van der Waals surface area contributed by atoms with Crippen LogP contribution in [0.25, 0.3) is 0 Å². The van der Waals surface area contributed by atoms with Crippen LogP contribution in [0.4, 0.5) is 33.3 Å². The molecule has 4 rings (SSSR count). The molecule has 4 amide bonds. The maximum absolute atomic E-state index is 13.7. The minimum absolute atomic E-state index is 0.210. The van der Waals surface area contributed by atoms with Gasteiger partial charge in [-0.05, 0) is 62.1 Å².